The second kappa shape index (κ2) is 7.61. The molecule has 0 radical (unpaired) electrons. The van der Waals surface area contributed by atoms with Gasteiger partial charge >= 0.3 is 0 Å². The molecule has 2 aromatic carbocycles. The highest BCUT2D eigenvalue weighted by Gasteiger charge is 2.44. The Morgan fingerprint density at radius 3 is 2.57 bits per heavy atom. The quantitative estimate of drug-likeness (QED) is 0.888. The van der Waals surface area contributed by atoms with Gasteiger partial charge in [-0.1, -0.05) is 6.07 Å². The maximum absolute atomic E-state index is 13.1. The van der Waals surface area contributed by atoms with Crippen molar-refractivity contribution >= 4 is 5.91 Å². The molecule has 28 heavy (non-hydrogen) atoms. The first-order valence-electron chi connectivity index (χ1n) is 9.43. The molecule has 1 aliphatic carbocycles. The van der Waals surface area contributed by atoms with E-state index in [9.17, 15) is 14.3 Å². The van der Waals surface area contributed by atoms with Crippen LogP contribution in [0.2, 0.25) is 0 Å². The minimum atomic E-state index is -0.622. The number of benzene rings is 2. The van der Waals surface area contributed by atoms with Gasteiger partial charge in [0.1, 0.15) is 17.7 Å². The first kappa shape index (κ1) is 18.5. The lowest BCUT2D eigenvalue weighted by Gasteiger charge is -2.35. The zero-order valence-electron chi connectivity index (χ0n) is 15.3. The summed E-state index contributed by atoms with van der Waals surface area (Å²) in [7, 11) is 0. The Labute approximate surface area is 163 Å². The van der Waals surface area contributed by atoms with E-state index in [0.29, 0.717) is 42.8 Å². The van der Waals surface area contributed by atoms with E-state index in [1.165, 1.54) is 12.1 Å². The van der Waals surface area contributed by atoms with Crippen molar-refractivity contribution in [3.8, 4) is 11.8 Å². The van der Waals surface area contributed by atoms with Gasteiger partial charge in [0.2, 0.25) is 0 Å². The number of fused-ring (bicyclic) bond motifs is 1. The van der Waals surface area contributed by atoms with Crippen LogP contribution in [0.3, 0.4) is 0 Å². The highest BCUT2D eigenvalue weighted by atomic mass is 19.1. The Hall–Kier alpha value is -2.91. The molecule has 2 aromatic rings. The van der Waals surface area contributed by atoms with Crippen LogP contribution < -0.4 is 4.74 Å². The topological polar surface area (TPSA) is 73.6 Å². The van der Waals surface area contributed by atoms with E-state index in [1.807, 2.05) is 0 Å². The average Bonchev–Trinajstić information content (AvgIpc) is 3.12. The van der Waals surface area contributed by atoms with E-state index in [-0.39, 0.29) is 29.7 Å². The minimum absolute atomic E-state index is 0.0861. The van der Waals surface area contributed by atoms with Crippen molar-refractivity contribution in [3.63, 3.8) is 0 Å². The molecule has 0 spiro atoms. The molecule has 144 valence electrons. The zero-order valence-corrected chi connectivity index (χ0v) is 15.3. The van der Waals surface area contributed by atoms with Crippen LogP contribution in [0.1, 0.15) is 28.8 Å². The lowest BCUT2D eigenvalue weighted by atomic mass is 9.78. The van der Waals surface area contributed by atoms with Crippen molar-refractivity contribution in [3.05, 3.63) is 65.5 Å². The molecular formula is C22H21FN2O3. The summed E-state index contributed by atoms with van der Waals surface area (Å²) in [5.41, 5.74) is 0.975. The Balaban J connectivity index is 1.43. The van der Waals surface area contributed by atoms with Gasteiger partial charge in [0.05, 0.1) is 17.7 Å². The van der Waals surface area contributed by atoms with E-state index in [2.05, 4.69) is 6.07 Å². The van der Waals surface area contributed by atoms with E-state index >= 15 is 0 Å². The van der Waals surface area contributed by atoms with Crippen LogP contribution in [0, 0.1) is 29.0 Å². The number of rotatable bonds is 3. The molecule has 1 saturated heterocycles. The average molecular weight is 380 g/mol. The number of aliphatic hydroxyl groups excluding tert-OH is 1. The highest BCUT2D eigenvalue weighted by Crippen LogP contribution is 2.38. The summed E-state index contributed by atoms with van der Waals surface area (Å²) in [6.07, 6.45) is 0.219. The van der Waals surface area contributed by atoms with Crippen LogP contribution in [-0.4, -0.2) is 41.2 Å². The van der Waals surface area contributed by atoms with Crippen LogP contribution >= 0.6 is 0 Å². The smallest absolute Gasteiger partial charge is 0.253 e. The molecule has 4 atom stereocenters. The zero-order chi connectivity index (χ0) is 19.7. The van der Waals surface area contributed by atoms with Gasteiger partial charge in [0.15, 0.2) is 0 Å². The number of likely N-dealkylation sites (tertiary alicyclic amines) is 1. The first-order chi connectivity index (χ1) is 13.5. The number of amides is 1. The van der Waals surface area contributed by atoms with Gasteiger partial charge in [-0.2, -0.15) is 5.26 Å². The molecule has 0 bridgehead atoms. The second-order valence-corrected chi connectivity index (χ2v) is 7.57. The number of nitriles is 1. The van der Waals surface area contributed by atoms with Crippen LogP contribution in [0.4, 0.5) is 4.39 Å². The summed E-state index contributed by atoms with van der Waals surface area (Å²) in [6.45, 7) is 1.21. The molecular weight excluding hydrogens is 359 g/mol. The monoisotopic (exact) mass is 380 g/mol. The van der Waals surface area contributed by atoms with Crippen molar-refractivity contribution in [2.45, 2.75) is 25.0 Å². The molecule has 4 rings (SSSR count). The molecule has 2 aliphatic rings. The van der Waals surface area contributed by atoms with Crippen LogP contribution in [0.15, 0.2) is 48.5 Å². The molecule has 1 heterocycles. The molecule has 1 amide bonds. The molecule has 0 unspecified atom stereocenters. The maximum atomic E-state index is 13.1. The van der Waals surface area contributed by atoms with Crippen LogP contribution in [0.25, 0.3) is 0 Å². The Kier molecular flexibility index (Phi) is 5.01. The second-order valence-electron chi connectivity index (χ2n) is 7.57. The predicted octanol–water partition coefficient (Wildman–Crippen LogP) is 2.99. The van der Waals surface area contributed by atoms with E-state index in [4.69, 9.17) is 10.00 Å². The maximum Gasteiger partial charge on any atom is 0.253 e. The van der Waals surface area contributed by atoms with Crippen LogP contribution in [-0.2, 0) is 0 Å². The number of hydrogen-bond donors (Lipinski definition) is 1. The van der Waals surface area contributed by atoms with E-state index in [1.54, 1.807) is 41.3 Å². The molecule has 1 saturated carbocycles. The highest BCUT2D eigenvalue weighted by molar-refractivity contribution is 5.94. The van der Waals surface area contributed by atoms with Crippen molar-refractivity contribution in [1.82, 2.24) is 4.90 Å². The summed E-state index contributed by atoms with van der Waals surface area (Å²) >= 11 is 0. The molecule has 6 heteroatoms. The lowest BCUT2D eigenvalue weighted by Crippen LogP contribution is -2.42. The minimum Gasteiger partial charge on any atom is -0.488 e. The fourth-order valence-corrected chi connectivity index (χ4v) is 4.28. The normalized spacial score (nSPS) is 26.4. The van der Waals surface area contributed by atoms with Crippen molar-refractivity contribution in [2.75, 3.05) is 13.1 Å². The van der Waals surface area contributed by atoms with Crippen LogP contribution in [0.5, 0.6) is 5.75 Å². The lowest BCUT2D eigenvalue weighted by molar-refractivity contribution is -0.0231. The standard InChI is InChI=1S/C22H21FN2O3/c23-18-4-6-19(7-5-18)28-21-10-17-13-25(12-16(17)9-20(21)26)22(27)15-3-1-2-14(8-15)11-24/h1-8,16-17,20-21,26H,9-10,12-13H2/t16-,17+,20+,21+/m0/s1. The van der Waals surface area contributed by atoms with Gasteiger partial charge in [-0.3, -0.25) is 4.79 Å². The number of carbonyl (C=O) groups is 1. The van der Waals surface area contributed by atoms with Gasteiger partial charge in [0.25, 0.3) is 5.91 Å². The molecule has 1 N–H and O–H groups in total. The van der Waals surface area contributed by atoms with Gasteiger partial charge in [0, 0.05) is 18.7 Å². The largest absolute Gasteiger partial charge is 0.488 e. The summed E-state index contributed by atoms with van der Waals surface area (Å²) in [4.78, 5) is 14.6. The third-order valence-electron chi connectivity index (χ3n) is 5.71. The Morgan fingerprint density at radius 2 is 1.86 bits per heavy atom. The van der Waals surface area contributed by atoms with Crippen molar-refractivity contribution in [1.29, 1.82) is 5.26 Å². The predicted molar refractivity (Wildman–Crippen MR) is 100 cm³/mol. The van der Waals surface area contributed by atoms with Gasteiger partial charge in [-0.25, -0.2) is 4.39 Å². The number of nitrogens with zero attached hydrogens (tertiary/aromatic N) is 2. The Bertz CT molecular complexity index is 909. The van der Waals surface area contributed by atoms with E-state index < -0.39 is 6.10 Å². The number of aliphatic hydroxyl groups is 1. The third kappa shape index (κ3) is 3.71. The molecule has 1 aliphatic heterocycles. The molecule has 0 aromatic heterocycles. The number of ether oxygens (including phenoxy) is 1. The molecule has 2 fully saturated rings. The van der Waals surface area contributed by atoms with Crippen molar-refractivity contribution < 1.29 is 19.0 Å². The summed E-state index contributed by atoms with van der Waals surface area (Å²) in [5, 5.41) is 19.5. The van der Waals surface area contributed by atoms with Gasteiger partial charge < -0.3 is 14.7 Å². The number of hydrogen-bond acceptors (Lipinski definition) is 4. The Morgan fingerprint density at radius 1 is 1.14 bits per heavy atom. The summed E-state index contributed by atoms with van der Waals surface area (Å²) in [5.74, 6) is 0.588. The number of carbonyl (C=O) groups excluding carboxylic acids is 1. The van der Waals surface area contributed by atoms with E-state index in [0.717, 1.165) is 0 Å². The van der Waals surface area contributed by atoms with Gasteiger partial charge in [-0.15, -0.1) is 0 Å². The van der Waals surface area contributed by atoms with Crippen molar-refractivity contribution in [2.24, 2.45) is 11.8 Å². The molecule has 5 nitrogen and oxygen atoms in total. The summed E-state index contributed by atoms with van der Waals surface area (Å²) in [6, 6.07) is 14.6. The summed E-state index contributed by atoms with van der Waals surface area (Å²) < 4.78 is 18.9. The SMILES string of the molecule is N#Cc1cccc(C(=O)N2C[C@H]3C[C@@H](Oc4ccc(F)cc4)[C@H](O)C[C@H]3C2)c1. The number of halogens is 1. The fourth-order valence-electron chi connectivity index (χ4n) is 4.28. The fraction of sp³-hybridized carbons (Fsp3) is 0.364. The first-order valence-corrected chi connectivity index (χ1v) is 9.43. The third-order valence-corrected chi connectivity index (χ3v) is 5.71. The van der Waals surface area contributed by atoms with Gasteiger partial charge in [-0.05, 0) is 67.1 Å².